The first-order valence-corrected chi connectivity index (χ1v) is 8.81. The fourth-order valence-electron chi connectivity index (χ4n) is 1.92. The summed E-state index contributed by atoms with van der Waals surface area (Å²) in [4.78, 5) is 34.1. The van der Waals surface area contributed by atoms with Crippen LogP contribution in [-0.4, -0.2) is 43.4 Å². The lowest BCUT2D eigenvalue weighted by molar-refractivity contribution is -0.129. The summed E-state index contributed by atoms with van der Waals surface area (Å²) in [5.74, 6) is -0.161. The summed E-state index contributed by atoms with van der Waals surface area (Å²) in [5, 5.41) is 8.12. The van der Waals surface area contributed by atoms with E-state index in [9.17, 15) is 14.4 Å². The zero-order valence-electron chi connectivity index (χ0n) is 16.7. The molecular formula is C17H38N4O3. The number of hydrogen-bond acceptors (Lipinski definition) is 4. The van der Waals surface area contributed by atoms with E-state index in [0.29, 0.717) is 19.4 Å². The number of likely N-dealkylation sites (N-methyl/N-ethyl adjacent to an activating group) is 1. The van der Waals surface area contributed by atoms with E-state index in [2.05, 4.69) is 16.0 Å². The Hall–Kier alpha value is -1.63. The van der Waals surface area contributed by atoms with Gasteiger partial charge in [0.05, 0.1) is 12.1 Å². The first-order valence-electron chi connectivity index (χ1n) is 8.81. The molecule has 2 atom stereocenters. The largest absolute Gasteiger partial charge is 0.352 e. The molecule has 0 aliphatic heterocycles. The number of carbonyl (C=O) groups excluding carboxylic acids is 3. The Kier molecular flexibility index (Phi) is 20.1. The van der Waals surface area contributed by atoms with Crippen LogP contribution in [0.15, 0.2) is 0 Å². The molecule has 0 aliphatic carbocycles. The van der Waals surface area contributed by atoms with Crippen molar-refractivity contribution >= 4 is 17.7 Å². The van der Waals surface area contributed by atoms with E-state index in [0.717, 1.165) is 0 Å². The Balaban J connectivity index is -0.00000102. The molecule has 24 heavy (non-hydrogen) atoms. The number of primary amides is 1. The lowest BCUT2D eigenvalue weighted by Gasteiger charge is -2.23. The highest BCUT2D eigenvalue weighted by molar-refractivity contribution is 5.89. The van der Waals surface area contributed by atoms with Crippen molar-refractivity contribution in [1.82, 2.24) is 16.0 Å². The molecule has 0 aliphatic rings. The van der Waals surface area contributed by atoms with Gasteiger partial charge in [0.25, 0.3) is 0 Å². The van der Waals surface area contributed by atoms with Crippen molar-refractivity contribution in [3.05, 3.63) is 0 Å². The Bertz CT molecular complexity index is 347. The fourth-order valence-corrected chi connectivity index (χ4v) is 1.92. The number of hydrogen-bond donors (Lipinski definition) is 4. The number of rotatable bonds is 9. The molecule has 0 aromatic rings. The van der Waals surface area contributed by atoms with E-state index in [1.807, 2.05) is 41.5 Å². The number of ketones is 1. The summed E-state index contributed by atoms with van der Waals surface area (Å²) >= 11 is 0. The third-order valence-electron chi connectivity index (χ3n) is 3.04. The van der Waals surface area contributed by atoms with Crippen molar-refractivity contribution < 1.29 is 14.4 Å². The molecule has 0 radical (unpaired) electrons. The predicted molar refractivity (Wildman–Crippen MR) is 99.8 cm³/mol. The third-order valence-corrected chi connectivity index (χ3v) is 3.04. The summed E-state index contributed by atoms with van der Waals surface area (Å²) in [5.41, 5.74) is 4.95. The lowest BCUT2D eigenvalue weighted by Crippen LogP contribution is -2.51. The molecule has 0 bridgehead atoms. The van der Waals surface area contributed by atoms with Crippen LogP contribution >= 0.6 is 0 Å². The van der Waals surface area contributed by atoms with Crippen molar-refractivity contribution in [2.24, 2.45) is 11.7 Å². The number of nitrogens with two attached hydrogens (primary N) is 1. The van der Waals surface area contributed by atoms with Gasteiger partial charge in [-0.15, -0.1) is 0 Å². The molecule has 0 fully saturated rings. The topological polar surface area (TPSA) is 113 Å². The van der Waals surface area contributed by atoms with E-state index >= 15 is 0 Å². The SMILES string of the molecule is CC.CC.CNC(C(=O)N[C@@H](CCCNC(N)=O)C(C)=O)C(C)C. The van der Waals surface area contributed by atoms with E-state index in [1.165, 1.54) is 6.92 Å². The molecule has 5 N–H and O–H groups in total. The molecule has 0 spiro atoms. The minimum Gasteiger partial charge on any atom is -0.352 e. The van der Waals surface area contributed by atoms with Gasteiger partial charge in [-0.05, 0) is 32.7 Å². The second-order valence-electron chi connectivity index (χ2n) is 5.12. The van der Waals surface area contributed by atoms with Gasteiger partial charge in [-0.2, -0.15) is 0 Å². The van der Waals surface area contributed by atoms with Gasteiger partial charge in [0.15, 0.2) is 5.78 Å². The number of nitrogens with one attached hydrogen (secondary N) is 3. The van der Waals surface area contributed by atoms with Gasteiger partial charge in [-0.3, -0.25) is 9.59 Å². The highest BCUT2D eigenvalue weighted by Crippen LogP contribution is 2.04. The standard InChI is InChI=1S/C13H26N4O3.2C2H6/c1-8(2)11(15-4)12(19)17-10(9(3)18)6-5-7-16-13(14)20;2*1-2/h8,10-11,15H,5-7H2,1-4H3,(H,17,19)(H3,14,16,20);2*1-2H3/t10-,11?;;/m0../s1. The predicted octanol–water partition coefficient (Wildman–Crippen LogP) is 1.81. The maximum absolute atomic E-state index is 12.1. The normalized spacial score (nSPS) is 11.9. The average Bonchev–Trinajstić information content (AvgIpc) is 2.54. The van der Waals surface area contributed by atoms with Crippen LogP contribution in [0.25, 0.3) is 0 Å². The third kappa shape index (κ3) is 14.0. The molecule has 0 heterocycles. The molecule has 1 unspecified atom stereocenters. The van der Waals surface area contributed by atoms with Crippen molar-refractivity contribution in [3.63, 3.8) is 0 Å². The summed E-state index contributed by atoms with van der Waals surface area (Å²) in [6.45, 7) is 13.7. The summed E-state index contributed by atoms with van der Waals surface area (Å²) < 4.78 is 0. The smallest absolute Gasteiger partial charge is 0.312 e. The van der Waals surface area contributed by atoms with Gasteiger partial charge >= 0.3 is 6.03 Å². The van der Waals surface area contributed by atoms with E-state index in [-0.39, 0.29) is 23.7 Å². The van der Waals surface area contributed by atoms with E-state index in [1.54, 1.807) is 7.05 Å². The van der Waals surface area contributed by atoms with Crippen LogP contribution in [0.5, 0.6) is 0 Å². The minimum absolute atomic E-state index is 0.101. The number of carbonyl (C=O) groups is 3. The molecule has 3 amide bonds. The first kappa shape index (κ1) is 27.2. The van der Waals surface area contributed by atoms with Crippen molar-refractivity contribution in [2.45, 2.75) is 73.4 Å². The van der Waals surface area contributed by atoms with Crippen LogP contribution in [-0.2, 0) is 9.59 Å². The van der Waals surface area contributed by atoms with Crippen molar-refractivity contribution in [2.75, 3.05) is 13.6 Å². The molecule has 0 rings (SSSR count). The molecular weight excluding hydrogens is 308 g/mol. The molecule has 0 aromatic carbocycles. The molecule has 0 saturated heterocycles. The van der Waals surface area contributed by atoms with Crippen LogP contribution < -0.4 is 21.7 Å². The Morgan fingerprint density at radius 2 is 1.54 bits per heavy atom. The zero-order chi connectivity index (χ0) is 19.7. The van der Waals surface area contributed by atoms with Crippen molar-refractivity contribution in [3.8, 4) is 0 Å². The monoisotopic (exact) mass is 346 g/mol. The van der Waals surface area contributed by atoms with Crippen LogP contribution in [0.4, 0.5) is 4.79 Å². The highest BCUT2D eigenvalue weighted by Gasteiger charge is 2.24. The van der Waals surface area contributed by atoms with Gasteiger partial charge in [0.2, 0.25) is 5.91 Å². The quantitative estimate of drug-likeness (QED) is 0.477. The molecule has 144 valence electrons. The first-order chi connectivity index (χ1) is 11.3. The summed E-state index contributed by atoms with van der Waals surface area (Å²) in [6.07, 6.45) is 1.04. The van der Waals surface area contributed by atoms with Crippen LogP contribution in [0, 0.1) is 5.92 Å². The zero-order valence-corrected chi connectivity index (χ0v) is 16.7. The summed E-state index contributed by atoms with van der Waals surface area (Å²) in [7, 11) is 1.71. The highest BCUT2D eigenvalue weighted by atomic mass is 16.2. The second kappa shape index (κ2) is 17.7. The molecule has 0 saturated carbocycles. The van der Waals surface area contributed by atoms with Crippen molar-refractivity contribution in [1.29, 1.82) is 0 Å². The van der Waals surface area contributed by atoms with Gasteiger partial charge < -0.3 is 21.7 Å². The van der Waals surface area contributed by atoms with Crippen LogP contribution in [0.2, 0.25) is 0 Å². The number of amides is 3. The average molecular weight is 347 g/mol. The van der Waals surface area contributed by atoms with Gasteiger partial charge in [0, 0.05) is 6.54 Å². The Morgan fingerprint density at radius 1 is 1.04 bits per heavy atom. The molecule has 7 heteroatoms. The second-order valence-corrected chi connectivity index (χ2v) is 5.12. The molecule has 7 nitrogen and oxygen atoms in total. The Labute approximate surface area is 147 Å². The number of urea groups is 1. The summed E-state index contributed by atoms with van der Waals surface area (Å²) in [6, 6.07) is -1.46. The fraction of sp³-hybridized carbons (Fsp3) is 0.824. The van der Waals surface area contributed by atoms with Gasteiger partial charge in [-0.1, -0.05) is 41.5 Å². The maximum Gasteiger partial charge on any atom is 0.312 e. The van der Waals surface area contributed by atoms with Gasteiger partial charge in [-0.25, -0.2) is 4.79 Å². The van der Waals surface area contributed by atoms with Crippen LogP contribution in [0.1, 0.15) is 61.3 Å². The minimum atomic E-state index is -0.594. The lowest BCUT2D eigenvalue weighted by atomic mass is 10.0. The number of Topliss-reactive ketones (excluding diaryl/α,β-unsaturated/α-hetero) is 1. The van der Waals surface area contributed by atoms with Crippen LogP contribution in [0.3, 0.4) is 0 Å². The molecule has 0 aromatic heterocycles. The Morgan fingerprint density at radius 3 is 1.88 bits per heavy atom. The maximum atomic E-state index is 12.1. The van der Waals surface area contributed by atoms with Gasteiger partial charge in [0.1, 0.15) is 0 Å². The van der Waals surface area contributed by atoms with E-state index < -0.39 is 12.1 Å². The van der Waals surface area contributed by atoms with E-state index in [4.69, 9.17) is 5.73 Å².